The van der Waals surface area contributed by atoms with Crippen molar-refractivity contribution in [1.29, 1.82) is 5.26 Å². The van der Waals surface area contributed by atoms with Crippen molar-refractivity contribution in [3.05, 3.63) is 0 Å². The molecular formula is C7H17N2O3S+. The van der Waals surface area contributed by atoms with Crippen molar-refractivity contribution in [2.45, 2.75) is 25.8 Å². The average molecular weight is 209 g/mol. The second-order valence-corrected chi connectivity index (χ2v) is 4.25. The number of hydrogen-bond acceptors (Lipinski definition) is 4. The molecule has 5 nitrogen and oxygen atoms in total. The molecule has 0 aromatic carbocycles. The molecule has 0 saturated carbocycles. The summed E-state index contributed by atoms with van der Waals surface area (Å²) >= 11 is 0. The Balaban J connectivity index is 0. The first-order valence-corrected chi connectivity index (χ1v) is 5.64. The van der Waals surface area contributed by atoms with E-state index in [2.05, 4.69) is 16.0 Å². The highest BCUT2D eigenvalue weighted by Gasteiger charge is 1.97. The van der Waals surface area contributed by atoms with Crippen LogP contribution in [0.5, 0.6) is 0 Å². The fourth-order valence-electron chi connectivity index (χ4n) is 0.273. The summed E-state index contributed by atoms with van der Waals surface area (Å²) in [5.41, 5.74) is 3.72. The van der Waals surface area contributed by atoms with Crippen LogP contribution >= 0.6 is 0 Å². The van der Waals surface area contributed by atoms with E-state index in [9.17, 15) is 8.42 Å². The maximum Gasteiger partial charge on any atom is 0.264 e. The van der Waals surface area contributed by atoms with Gasteiger partial charge in [0.25, 0.3) is 10.1 Å². The molecule has 0 rings (SSSR count). The van der Waals surface area contributed by atoms with Gasteiger partial charge in [-0.3, -0.25) is 4.18 Å². The molecule has 0 aliphatic heterocycles. The molecular weight excluding hydrogens is 192 g/mol. The fraction of sp³-hybridized carbons (Fsp3) is 0.857. The van der Waals surface area contributed by atoms with E-state index in [1.807, 2.05) is 6.92 Å². The zero-order valence-electron chi connectivity index (χ0n) is 8.28. The molecule has 1 atom stereocenters. The van der Waals surface area contributed by atoms with Crippen LogP contribution in [0, 0.1) is 11.3 Å². The van der Waals surface area contributed by atoms with Gasteiger partial charge in [0.2, 0.25) is 0 Å². The molecule has 0 bridgehead atoms. The van der Waals surface area contributed by atoms with E-state index in [1.165, 1.54) is 0 Å². The minimum absolute atomic E-state index is 0.338. The zero-order chi connectivity index (χ0) is 10.9. The summed E-state index contributed by atoms with van der Waals surface area (Å²) < 4.78 is 23.5. The standard InChI is InChI=1S/C5H10N2.C2H6O3S/c1-2-5(7)3-4-6;1-5-6(2,3)4/h5H,2-3,7H2,1H3;1-2H3/p+1/t5-;/m1./s1. The van der Waals surface area contributed by atoms with Crippen LogP contribution in [0.1, 0.15) is 19.8 Å². The lowest BCUT2D eigenvalue weighted by atomic mass is 10.2. The summed E-state index contributed by atoms with van der Waals surface area (Å²) in [7, 11) is -2.04. The highest BCUT2D eigenvalue weighted by Crippen LogP contribution is 1.85. The zero-order valence-corrected chi connectivity index (χ0v) is 9.10. The van der Waals surface area contributed by atoms with Crippen molar-refractivity contribution in [3.8, 4) is 6.07 Å². The van der Waals surface area contributed by atoms with E-state index in [4.69, 9.17) is 5.26 Å². The van der Waals surface area contributed by atoms with Crippen molar-refractivity contribution >= 4 is 10.1 Å². The van der Waals surface area contributed by atoms with Gasteiger partial charge in [0, 0.05) is 0 Å². The van der Waals surface area contributed by atoms with Crippen molar-refractivity contribution in [2.75, 3.05) is 13.4 Å². The Hall–Kier alpha value is -0.640. The number of rotatable bonds is 3. The molecule has 0 aromatic rings. The predicted molar refractivity (Wildman–Crippen MR) is 49.0 cm³/mol. The van der Waals surface area contributed by atoms with Gasteiger partial charge in [-0.15, -0.1) is 0 Å². The first-order valence-electron chi connectivity index (χ1n) is 3.83. The van der Waals surface area contributed by atoms with Crippen LogP contribution in [-0.4, -0.2) is 27.8 Å². The molecule has 0 radical (unpaired) electrons. The van der Waals surface area contributed by atoms with E-state index in [1.54, 1.807) is 0 Å². The van der Waals surface area contributed by atoms with Crippen LogP contribution in [0.25, 0.3) is 0 Å². The van der Waals surface area contributed by atoms with Gasteiger partial charge in [0.15, 0.2) is 0 Å². The number of quaternary nitrogens is 1. The number of nitrogens with zero attached hydrogens (tertiary/aromatic N) is 1. The third-order valence-electron chi connectivity index (χ3n) is 1.26. The first kappa shape index (κ1) is 14.9. The molecule has 0 heterocycles. The van der Waals surface area contributed by atoms with E-state index in [0.717, 1.165) is 19.8 Å². The highest BCUT2D eigenvalue weighted by molar-refractivity contribution is 7.85. The molecule has 0 aliphatic carbocycles. The largest absolute Gasteiger partial charge is 0.354 e. The van der Waals surface area contributed by atoms with Crippen LogP contribution in [0.3, 0.4) is 0 Å². The van der Waals surface area contributed by atoms with E-state index in [-0.39, 0.29) is 0 Å². The van der Waals surface area contributed by atoms with E-state index in [0.29, 0.717) is 12.5 Å². The monoisotopic (exact) mass is 209 g/mol. The Bertz CT molecular complexity index is 243. The maximum atomic E-state index is 9.78. The lowest BCUT2D eigenvalue weighted by molar-refractivity contribution is -0.418. The Labute approximate surface area is 79.6 Å². The van der Waals surface area contributed by atoms with Gasteiger partial charge in [-0.25, -0.2) is 0 Å². The Morgan fingerprint density at radius 2 is 2.00 bits per heavy atom. The summed E-state index contributed by atoms with van der Waals surface area (Å²) in [4.78, 5) is 0. The molecule has 78 valence electrons. The van der Waals surface area contributed by atoms with Crippen molar-refractivity contribution in [2.24, 2.45) is 0 Å². The summed E-state index contributed by atoms with van der Waals surface area (Å²) in [6.45, 7) is 2.04. The lowest BCUT2D eigenvalue weighted by Gasteiger charge is -1.93. The topological polar surface area (TPSA) is 94.8 Å². The van der Waals surface area contributed by atoms with Gasteiger partial charge >= 0.3 is 0 Å². The van der Waals surface area contributed by atoms with E-state index < -0.39 is 10.1 Å². The molecule has 3 N–H and O–H groups in total. The Kier molecular flexibility index (Phi) is 9.12. The molecule has 0 aromatic heterocycles. The second kappa shape index (κ2) is 7.98. The molecule has 0 amide bonds. The smallest absolute Gasteiger partial charge is 0.264 e. The Morgan fingerprint density at radius 3 is 2.08 bits per heavy atom. The number of hydrogen-bond donors (Lipinski definition) is 1. The normalized spacial score (nSPS) is 12.2. The molecule has 0 saturated heterocycles. The van der Waals surface area contributed by atoms with Gasteiger partial charge in [0.1, 0.15) is 0 Å². The van der Waals surface area contributed by atoms with Crippen molar-refractivity contribution < 1.29 is 18.3 Å². The first-order chi connectivity index (χ1) is 5.87. The summed E-state index contributed by atoms with van der Waals surface area (Å²) in [5.74, 6) is 0. The molecule has 0 spiro atoms. The number of nitriles is 1. The molecule has 0 unspecified atom stereocenters. The summed E-state index contributed by atoms with van der Waals surface area (Å²) in [6, 6.07) is 2.39. The van der Waals surface area contributed by atoms with Gasteiger partial charge in [-0.1, -0.05) is 6.92 Å². The minimum Gasteiger partial charge on any atom is -0.354 e. The molecule has 13 heavy (non-hydrogen) atoms. The average Bonchev–Trinajstić information content (AvgIpc) is 2.05. The summed E-state index contributed by atoms with van der Waals surface area (Å²) in [5, 5.41) is 8.08. The fourth-order valence-corrected chi connectivity index (χ4v) is 0.273. The van der Waals surface area contributed by atoms with Gasteiger partial charge in [-0.05, 0) is 6.42 Å². The van der Waals surface area contributed by atoms with Crippen molar-refractivity contribution in [3.63, 3.8) is 0 Å². The van der Waals surface area contributed by atoms with Gasteiger partial charge in [-0.2, -0.15) is 13.7 Å². The molecule has 0 aliphatic rings. The van der Waals surface area contributed by atoms with E-state index >= 15 is 0 Å². The van der Waals surface area contributed by atoms with Crippen LogP contribution in [0.2, 0.25) is 0 Å². The lowest BCUT2D eigenvalue weighted by Crippen LogP contribution is -2.60. The second-order valence-electron chi connectivity index (χ2n) is 2.51. The molecule has 0 fully saturated rings. The minimum atomic E-state index is -3.16. The van der Waals surface area contributed by atoms with Gasteiger partial charge < -0.3 is 5.73 Å². The third-order valence-corrected chi connectivity index (χ3v) is 1.87. The van der Waals surface area contributed by atoms with Crippen LogP contribution in [-0.2, 0) is 14.3 Å². The predicted octanol–water partition coefficient (Wildman–Crippen LogP) is -0.487. The SMILES string of the molecule is CC[C@@H]([NH3+])CC#N.COS(C)(=O)=O. The third kappa shape index (κ3) is 18.4. The van der Waals surface area contributed by atoms with Gasteiger partial charge in [0.05, 0.1) is 31.9 Å². The maximum absolute atomic E-state index is 9.78. The van der Waals surface area contributed by atoms with Crippen molar-refractivity contribution in [1.82, 2.24) is 0 Å². The van der Waals surface area contributed by atoms with Crippen LogP contribution < -0.4 is 5.73 Å². The quantitative estimate of drug-likeness (QED) is 0.635. The van der Waals surface area contributed by atoms with Crippen LogP contribution in [0.4, 0.5) is 0 Å². The Morgan fingerprint density at radius 1 is 1.62 bits per heavy atom. The van der Waals surface area contributed by atoms with Crippen LogP contribution in [0.15, 0.2) is 0 Å². The summed E-state index contributed by atoms with van der Waals surface area (Å²) in [6.07, 6.45) is 2.59. The molecule has 6 heteroatoms. The highest BCUT2D eigenvalue weighted by atomic mass is 32.2.